The van der Waals surface area contributed by atoms with Crippen LogP contribution in [-0.2, 0) is 4.79 Å². The number of nitriles is 3. The number of nitrogens with zero attached hydrogens (tertiary/aromatic N) is 3. The van der Waals surface area contributed by atoms with Crippen molar-refractivity contribution in [3.63, 3.8) is 0 Å². The highest BCUT2D eigenvalue weighted by atomic mass is 16.1. The summed E-state index contributed by atoms with van der Waals surface area (Å²) in [5.41, 5.74) is 5.12. The summed E-state index contributed by atoms with van der Waals surface area (Å²) in [5, 5.41) is 26.1. The van der Waals surface area contributed by atoms with E-state index in [9.17, 15) is 4.79 Å². The molecule has 0 saturated heterocycles. The summed E-state index contributed by atoms with van der Waals surface area (Å²) in [5.74, 6) is -1.08. The Bertz CT molecular complexity index is 503. The molecule has 0 amide bonds. The molecule has 15 heavy (non-hydrogen) atoms. The third-order valence-corrected chi connectivity index (χ3v) is 2.23. The van der Waals surface area contributed by atoms with Gasteiger partial charge in [-0.3, -0.25) is 4.79 Å². The number of hydrogen-bond donors (Lipinski definition) is 1. The molecule has 1 atom stereocenters. The van der Waals surface area contributed by atoms with Crippen LogP contribution in [0.4, 0.5) is 0 Å². The zero-order valence-electron chi connectivity index (χ0n) is 7.90. The van der Waals surface area contributed by atoms with Crippen LogP contribution in [0.3, 0.4) is 0 Å². The van der Waals surface area contributed by atoms with E-state index in [0.717, 1.165) is 0 Å². The van der Waals surface area contributed by atoms with Crippen LogP contribution in [0.2, 0.25) is 0 Å². The standard InChI is InChI=1S/C10H6N4O/c1-5-9(14)7(4-13)8(10(5)15)6(2-11)3-12/h5H,14H2,1H3. The second-order valence-electron chi connectivity index (χ2n) is 3.00. The fraction of sp³-hybridized carbons (Fsp3) is 0.200. The van der Waals surface area contributed by atoms with Crippen LogP contribution in [0, 0.1) is 39.9 Å². The SMILES string of the molecule is CC1C(=O)C(=C(C#N)C#N)C(C#N)=C1N. The molecule has 5 nitrogen and oxygen atoms in total. The molecule has 1 unspecified atom stereocenters. The lowest BCUT2D eigenvalue weighted by atomic mass is 10.0. The van der Waals surface area contributed by atoms with Crippen LogP contribution in [0.5, 0.6) is 0 Å². The van der Waals surface area contributed by atoms with E-state index in [-0.39, 0.29) is 22.4 Å². The number of rotatable bonds is 0. The zero-order chi connectivity index (χ0) is 11.6. The second kappa shape index (κ2) is 3.65. The third kappa shape index (κ3) is 1.35. The first-order chi connectivity index (χ1) is 7.08. The highest BCUT2D eigenvalue weighted by Gasteiger charge is 2.35. The summed E-state index contributed by atoms with van der Waals surface area (Å²) in [6, 6.07) is 4.92. The van der Waals surface area contributed by atoms with Gasteiger partial charge in [0.15, 0.2) is 5.78 Å². The lowest BCUT2D eigenvalue weighted by Crippen LogP contribution is -2.12. The predicted molar refractivity (Wildman–Crippen MR) is 49.2 cm³/mol. The number of ketones is 1. The van der Waals surface area contributed by atoms with Crippen molar-refractivity contribution in [2.75, 3.05) is 0 Å². The van der Waals surface area contributed by atoms with Crippen molar-refractivity contribution in [1.82, 2.24) is 0 Å². The van der Waals surface area contributed by atoms with Crippen molar-refractivity contribution in [2.45, 2.75) is 6.92 Å². The summed E-state index contributed by atoms with van der Waals surface area (Å²) in [4.78, 5) is 11.6. The molecule has 72 valence electrons. The Hall–Kier alpha value is -2.58. The third-order valence-electron chi connectivity index (χ3n) is 2.23. The minimum absolute atomic E-state index is 0.0504. The van der Waals surface area contributed by atoms with Crippen LogP contribution < -0.4 is 5.73 Å². The first-order valence-electron chi connectivity index (χ1n) is 4.07. The van der Waals surface area contributed by atoms with E-state index in [4.69, 9.17) is 21.5 Å². The summed E-state index contributed by atoms with van der Waals surface area (Å²) in [6.07, 6.45) is 0. The Morgan fingerprint density at radius 1 is 1.33 bits per heavy atom. The van der Waals surface area contributed by atoms with E-state index < -0.39 is 11.7 Å². The Kier molecular flexibility index (Phi) is 2.56. The lowest BCUT2D eigenvalue weighted by Gasteiger charge is -1.98. The molecule has 1 aliphatic rings. The van der Waals surface area contributed by atoms with Crippen molar-refractivity contribution in [3.8, 4) is 18.2 Å². The molecule has 0 heterocycles. The van der Waals surface area contributed by atoms with Crippen molar-refractivity contribution in [3.05, 3.63) is 22.4 Å². The highest BCUT2D eigenvalue weighted by molar-refractivity contribution is 6.09. The number of carbonyl (C=O) groups excluding carboxylic acids is 1. The molecule has 0 radical (unpaired) electrons. The van der Waals surface area contributed by atoms with Gasteiger partial charge < -0.3 is 5.73 Å². The summed E-state index contributed by atoms with van der Waals surface area (Å²) >= 11 is 0. The first-order valence-corrected chi connectivity index (χ1v) is 4.07. The zero-order valence-corrected chi connectivity index (χ0v) is 7.90. The molecule has 0 aromatic heterocycles. The van der Waals surface area contributed by atoms with Crippen LogP contribution in [-0.4, -0.2) is 5.78 Å². The van der Waals surface area contributed by atoms with Gasteiger partial charge in [0, 0.05) is 5.70 Å². The molecule has 2 N–H and O–H groups in total. The number of nitrogens with two attached hydrogens (primary N) is 1. The molecule has 5 heteroatoms. The van der Waals surface area contributed by atoms with Crippen molar-refractivity contribution in [1.29, 1.82) is 15.8 Å². The molecule has 0 aromatic rings. The first kappa shape index (κ1) is 10.5. The van der Waals surface area contributed by atoms with Crippen molar-refractivity contribution < 1.29 is 4.79 Å². The Morgan fingerprint density at radius 3 is 2.27 bits per heavy atom. The normalized spacial score (nSPS) is 19.5. The number of Topliss-reactive ketones (excluding diaryl/α,β-unsaturated/α-hetero) is 1. The highest BCUT2D eigenvalue weighted by Crippen LogP contribution is 2.31. The van der Waals surface area contributed by atoms with Gasteiger partial charge in [-0.1, -0.05) is 0 Å². The summed E-state index contributed by atoms with van der Waals surface area (Å²) in [7, 11) is 0. The summed E-state index contributed by atoms with van der Waals surface area (Å²) in [6.45, 7) is 1.54. The molecular weight excluding hydrogens is 192 g/mol. The monoisotopic (exact) mass is 198 g/mol. The molecule has 0 spiro atoms. The second-order valence-corrected chi connectivity index (χ2v) is 3.00. The maximum Gasteiger partial charge on any atom is 0.175 e. The van der Waals surface area contributed by atoms with E-state index in [1.54, 1.807) is 18.2 Å². The van der Waals surface area contributed by atoms with Gasteiger partial charge in [-0.2, -0.15) is 15.8 Å². The van der Waals surface area contributed by atoms with Gasteiger partial charge in [-0.05, 0) is 6.92 Å². The Morgan fingerprint density at radius 2 is 1.87 bits per heavy atom. The van der Waals surface area contributed by atoms with Crippen molar-refractivity contribution in [2.24, 2.45) is 11.7 Å². The smallest absolute Gasteiger partial charge is 0.175 e. The number of hydrogen-bond acceptors (Lipinski definition) is 5. The van der Waals surface area contributed by atoms with Crippen molar-refractivity contribution >= 4 is 5.78 Å². The van der Waals surface area contributed by atoms with E-state index >= 15 is 0 Å². The average molecular weight is 198 g/mol. The van der Waals surface area contributed by atoms with Gasteiger partial charge in [-0.15, -0.1) is 0 Å². The van der Waals surface area contributed by atoms with Gasteiger partial charge in [0.25, 0.3) is 0 Å². The molecule has 1 rings (SSSR count). The van der Waals surface area contributed by atoms with Crippen LogP contribution in [0.15, 0.2) is 22.4 Å². The Labute approximate surface area is 86.3 Å². The van der Waals surface area contributed by atoms with Gasteiger partial charge in [0.2, 0.25) is 0 Å². The molecular formula is C10H6N4O. The largest absolute Gasteiger partial charge is 0.400 e. The maximum absolute atomic E-state index is 11.6. The minimum Gasteiger partial charge on any atom is -0.400 e. The predicted octanol–water partition coefficient (Wildman–Crippen LogP) is 0.285. The van der Waals surface area contributed by atoms with E-state index in [1.165, 1.54) is 6.92 Å². The maximum atomic E-state index is 11.6. The van der Waals surface area contributed by atoms with Crippen LogP contribution in [0.25, 0.3) is 0 Å². The number of allylic oxidation sites excluding steroid dienone is 4. The van der Waals surface area contributed by atoms with Gasteiger partial charge in [0.05, 0.1) is 17.1 Å². The number of carbonyl (C=O) groups is 1. The quantitative estimate of drug-likeness (QED) is 0.443. The summed E-state index contributed by atoms with van der Waals surface area (Å²) < 4.78 is 0. The molecule has 1 aliphatic carbocycles. The van der Waals surface area contributed by atoms with E-state index in [0.29, 0.717) is 0 Å². The molecule has 0 aromatic carbocycles. The van der Waals surface area contributed by atoms with E-state index in [2.05, 4.69) is 0 Å². The topological polar surface area (TPSA) is 114 Å². The fourth-order valence-electron chi connectivity index (χ4n) is 1.35. The molecule has 0 bridgehead atoms. The van der Waals surface area contributed by atoms with Gasteiger partial charge in [0.1, 0.15) is 23.8 Å². The lowest BCUT2D eigenvalue weighted by molar-refractivity contribution is -0.116. The fourth-order valence-corrected chi connectivity index (χ4v) is 1.35. The minimum atomic E-state index is -0.633. The van der Waals surface area contributed by atoms with Gasteiger partial charge >= 0.3 is 0 Å². The Balaban J connectivity index is 3.57. The van der Waals surface area contributed by atoms with Gasteiger partial charge in [-0.25, -0.2) is 0 Å². The van der Waals surface area contributed by atoms with Crippen LogP contribution >= 0.6 is 0 Å². The molecule has 0 fully saturated rings. The van der Waals surface area contributed by atoms with E-state index in [1.807, 2.05) is 0 Å². The molecule has 0 aliphatic heterocycles. The molecule has 0 saturated carbocycles. The average Bonchev–Trinajstić information content (AvgIpc) is 2.46. The van der Waals surface area contributed by atoms with Crippen LogP contribution in [0.1, 0.15) is 6.92 Å².